The monoisotopic (exact) mass is 363 g/mol. The van der Waals surface area contributed by atoms with Gasteiger partial charge in [-0.3, -0.25) is 9.78 Å². The van der Waals surface area contributed by atoms with Crippen LogP contribution >= 0.6 is 0 Å². The molecule has 2 aliphatic heterocycles. The molecule has 2 aliphatic rings. The van der Waals surface area contributed by atoms with Crippen LogP contribution in [0.5, 0.6) is 0 Å². The molecule has 0 spiro atoms. The summed E-state index contributed by atoms with van der Waals surface area (Å²) in [5.41, 5.74) is 2.60. The van der Waals surface area contributed by atoms with Gasteiger partial charge in [-0.2, -0.15) is 0 Å². The van der Waals surface area contributed by atoms with Crippen molar-refractivity contribution in [2.45, 2.75) is 32.1 Å². The Balaban J connectivity index is 1.30. The molecule has 0 radical (unpaired) electrons. The van der Waals surface area contributed by atoms with Crippen molar-refractivity contribution in [3.63, 3.8) is 0 Å². The smallest absolute Gasteiger partial charge is 0.227 e. The highest BCUT2D eigenvalue weighted by Crippen LogP contribution is 2.27. The van der Waals surface area contributed by atoms with Gasteiger partial charge >= 0.3 is 0 Å². The number of pyridine rings is 1. The number of carbonyl (C=O) groups excluding carboxylic acids is 1. The summed E-state index contributed by atoms with van der Waals surface area (Å²) in [6.07, 6.45) is 9.16. The van der Waals surface area contributed by atoms with Crippen molar-refractivity contribution in [1.82, 2.24) is 9.88 Å². The summed E-state index contributed by atoms with van der Waals surface area (Å²) in [4.78, 5) is 21.7. The molecular formula is C23H29N3O. The van der Waals surface area contributed by atoms with Gasteiger partial charge in [-0.15, -0.1) is 0 Å². The largest absolute Gasteiger partial charge is 0.371 e. The zero-order valence-electron chi connectivity index (χ0n) is 16.0. The minimum atomic E-state index is 0.137. The predicted octanol–water partition coefficient (Wildman–Crippen LogP) is 3.78. The first kappa shape index (κ1) is 18.0. The predicted molar refractivity (Wildman–Crippen MR) is 109 cm³/mol. The van der Waals surface area contributed by atoms with E-state index in [1.165, 1.54) is 11.3 Å². The lowest BCUT2D eigenvalue weighted by Gasteiger charge is -2.38. The van der Waals surface area contributed by atoms with E-state index in [1.54, 1.807) is 0 Å². The molecule has 4 nitrogen and oxygen atoms in total. The molecule has 0 aliphatic carbocycles. The Bertz CT molecular complexity index is 726. The number of carbonyl (C=O) groups is 1. The second kappa shape index (κ2) is 8.55. The minimum Gasteiger partial charge on any atom is -0.371 e. The molecule has 0 saturated carbocycles. The third kappa shape index (κ3) is 4.49. The van der Waals surface area contributed by atoms with Gasteiger partial charge in [0.05, 0.1) is 5.92 Å². The van der Waals surface area contributed by atoms with Gasteiger partial charge in [0.15, 0.2) is 0 Å². The number of piperidine rings is 2. The number of hydrogen-bond donors (Lipinski definition) is 0. The number of likely N-dealkylation sites (tertiary alicyclic amines) is 1. The average Bonchev–Trinajstić information content (AvgIpc) is 2.75. The van der Waals surface area contributed by atoms with Crippen molar-refractivity contribution in [1.29, 1.82) is 0 Å². The van der Waals surface area contributed by atoms with E-state index in [1.807, 2.05) is 24.5 Å². The number of anilines is 1. The summed E-state index contributed by atoms with van der Waals surface area (Å²) in [6, 6.07) is 14.8. The zero-order chi connectivity index (χ0) is 18.5. The molecule has 3 heterocycles. The van der Waals surface area contributed by atoms with Crippen molar-refractivity contribution in [2.75, 3.05) is 31.1 Å². The fourth-order valence-electron chi connectivity index (χ4n) is 4.53. The van der Waals surface area contributed by atoms with Crippen LogP contribution in [0, 0.1) is 11.8 Å². The average molecular weight is 364 g/mol. The minimum absolute atomic E-state index is 0.137. The Hall–Kier alpha value is -2.36. The van der Waals surface area contributed by atoms with Crippen LogP contribution in [0.3, 0.4) is 0 Å². The van der Waals surface area contributed by atoms with E-state index in [0.717, 1.165) is 58.3 Å². The van der Waals surface area contributed by atoms with Crippen molar-refractivity contribution in [2.24, 2.45) is 11.8 Å². The van der Waals surface area contributed by atoms with Crippen molar-refractivity contribution in [3.8, 4) is 0 Å². The van der Waals surface area contributed by atoms with Crippen LogP contribution < -0.4 is 4.90 Å². The first-order chi connectivity index (χ1) is 13.3. The normalized spacial score (nSPS) is 21.3. The second-order valence-corrected chi connectivity index (χ2v) is 7.95. The summed E-state index contributed by atoms with van der Waals surface area (Å²) >= 11 is 0. The van der Waals surface area contributed by atoms with Crippen LogP contribution in [0.15, 0.2) is 54.9 Å². The van der Waals surface area contributed by atoms with E-state index in [0.29, 0.717) is 11.8 Å². The molecule has 1 amide bonds. The molecule has 0 N–H and O–H groups in total. The Labute approximate surface area is 162 Å². The molecule has 2 saturated heterocycles. The number of rotatable bonds is 4. The van der Waals surface area contributed by atoms with Crippen molar-refractivity contribution in [3.05, 3.63) is 60.4 Å². The SMILES string of the molecule is O=C(C1CCCN(c2ccncc2)C1)N1CCC(Cc2ccccc2)CC1. The van der Waals surface area contributed by atoms with Gasteiger partial charge in [0.25, 0.3) is 0 Å². The third-order valence-corrected chi connectivity index (χ3v) is 6.09. The highest BCUT2D eigenvalue weighted by molar-refractivity contribution is 5.80. The van der Waals surface area contributed by atoms with Crippen LogP contribution in [0.1, 0.15) is 31.2 Å². The van der Waals surface area contributed by atoms with Crippen LogP contribution in [-0.2, 0) is 11.2 Å². The van der Waals surface area contributed by atoms with Crippen LogP contribution in [0.2, 0.25) is 0 Å². The molecule has 142 valence electrons. The molecule has 1 aromatic carbocycles. The number of benzene rings is 1. The molecule has 4 rings (SSSR count). The van der Waals surface area contributed by atoms with E-state index in [4.69, 9.17) is 0 Å². The van der Waals surface area contributed by atoms with E-state index < -0.39 is 0 Å². The molecule has 27 heavy (non-hydrogen) atoms. The molecule has 1 atom stereocenters. The van der Waals surface area contributed by atoms with E-state index in [2.05, 4.69) is 45.1 Å². The second-order valence-electron chi connectivity index (χ2n) is 7.95. The Morgan fingerprint density at radius 1 is 0.963 bits per heavy atom. The fraction of sp³-hybridized carbons (Fsp3) is 0.478. The van der Waals surface area contributed by atoms with Gasteiger partial charge in [-0.05, 0) is 55.7 Å². The summed E-state index contributed by atoms with van der Waals surface area (Å²) in [5, 5.41) is 0. The van der Waals surface area contributed by atoms with Gasteiger partial charge in [-0.25, -0.2) is 0 Å². The lowest BCUT2D eigenvalue weighted by atomic mass is 9.89. The first-order valence-corrected chi connectivity index (χ1v) is 10.3. The molecule has 1 unspecified atom stereocenters. The van der Waals surface area contributed by atoms with Gasteiger partial charge in [0.2, 0.25) is 5.91 Å². The van der Waals surface area contributed by atoms with E-state index in [-0.39, 0.29) is 5.92 Å². The third-order valence-electron chi connectivity index (χ3n) is 6.09. The standard InChI is InChI=1S/C23H29N3O/c27-23(21-7-4-14-26(18-21)22-8-12-24-13-9-22)25-15-10-20(11-16-25)17-19-5-2-1-3-6-19/h1-3,5-6,8-9,12-13,20-21H,4,7,10-11,14-18H2. The van der Waals surface area contributed by atoms with Gasteiger partial charge in [0, 0.05) is 44.3 Å². The van der Waals surface area contributed by atoms with Crippen molar-refractivity contribution < 1.29 is 4.79 Å². The molecule has 4 heteroatoms. The van der Waals surface area contributed by atoms with Crippen LogP contribution in [0.25, 0.3) is 0 Å². The molecule has 0 bridgehead atoms. The van der Waals surface area contributed by atoms with Gasteiger partial charge in [-0.1, -0.05) is 30.3 Å². The number of nitrogens with zero attached hydrogens (tertiary/aromatic N) is 3. The van der Waals surface area contributed by atoms with Crippen molar-refractivity contribution >= 4 is 11.6 Å². The Kier molecular flexibility index (Phi) is 5.71. The topological polar surface area (TPSA) is 36.4 Å². The lowest BCUT2D eigenvalue weighted by Crippen LogP contribution is -2.47. The maximum absolute atomic E-state index is 13.1. The van der Waals surface area contributed by atoms with Gasteiger partial charge in [0.1, 0.15) is 0 Å². The summed E-state index contributed by atoms with van der Waals surface area (Å²) in [5.74, 6) is 1.21. The van der Waals surface area contributed by atoms with E-state index >= 15 is 0 Å². The van der Waals surface area contributed by atoms with Crippen LogP contribution in [0.4, 0.5) is 5.69 Å². The lowest BCUT2D eigenvalue weighted by molar-refractivity contribution is -0.137. The highest BCUT2D eigenvalue weighted by atomic mass is 16.2. The maximum atomic E-state index is 13.1. The molecule has 1 aromatic heterocycles. The summed E-state index contributed by atoms with van der Waals surface area (Å²) in [7, 11) is 0. The van der Waals surface area contributed by atoms with Crippen LogP contribution in [-0.4, -0.2) is 42.0 Å². The Morgan fingerprint density at radius 2 is 1.70 bits per heavy atom. The first-order valence-electron chi connectivity index (χ1n) is 10.3. The maximum Gasteiger partial charge on any atom is 0.227 e. The molecule has 2 aromatic rings. The highest BCUT2D eigenvalue weighted by Gasteiger charge is 2.31. The Morgan fingerprint density at radius 3 is 2.44 bits per heavy atom. The van der Waals surface area contributed by atoms with Gasteiger partial charge < -0.3 is 9.80 Å². The fourth-order valence-corrected chi connectivity index (χ4v) is 4.53. The summed E-state index contributed by atoms with van der Waals surface area (Å²) in [6.45, 7) is 3.71. The zero-order valence-corrected chi connectivity index (χ0v) is 16.0. The van der Waals surface area contributed by atoms with E-state index in [9.17, 15) is 4.79 Å². The summed E-state index contributed by atoms with van der Waals surface area (Å²) < 4.78 is 0. The molecule has 2 fully saturated rings. The quantitative estimate of drug-likeness (QED) is 0.829. The number of aromatic nitrogens is 1. The number of amides is 1. The molecular weight excluding hydrogens is 334 g/mol. The number of hydrogen-bond acceptors (Lipinski definition) is 3.